The molecule has 0 aliphatic carbocycles. The van der Waals surface area contributed by atoms with E-state index in [2.05, 4.69) is 13.8 Å². The van der Waals surface area contributed by atoms with Gasteiger partial charge in [-0.2, -0.15) is 0 Å². The van der Waals surface area contributed by atoms with Crippen LogP contribution in [0.5, 0.6) is 0 Å². The van der Waals surface area contributed by atoms with Crippen molar-refractivity contribution in [3.8, 4) is 0 Å². The normalized spacial score (nSPS) is 39.1. The van der Waals surface area contributed by atoms with E-state index in [9.17, 15) is 20.4 Å². The largest absolute Gasteiger partial charge is 0.394 e. The van der Waals surface area contributed by atoms with Gasteiger partial charge < -0.3 is 39.7 Å². The Morgan fingerprint density at radius 2 is 1.58 bits per heavy atom. The topological polar surface area (TPSA) is 129 Å². The zero-order valence-electron chi connectivity index (χ0n) is 15.0. The highest BCUT2D eigenvalue weighted by Gasteiger charge is 2.40. The molecule has 0 aromatic rings. The van der Waals surface area contributed by atoms with Gasteiger partial charge in [-0.1, -0.05) is 34.1 Å². The standard InChI is InChI=1S/C11H20O8.C3H8.C2H6/c12-3-9-8(2-6(14)10(16)18-9)19-11-7(15)1-5(13)4-17-11;1-3-2;1-2/h5-16H,1-4H2;3H2,1-2H3;1-2H3/t5-,6+,7+,8-,9+,10-,11+;;/m0../s1. The van der Waals surface area contributed by atoms with E-state index in [-0.39, 0.29) is 26.1 Å². The maximum Gasteiger partial charge on any atom is 0.184 e. The van der Waals surface area contributed by atoms with Gasteiger partial charge in [0.25, 0.3) is 0 Å². The van der Waals surface area contributed by atoms with Gasteiger partial charge in [-0.05, 0) is 0 Å². The third-order valence-electron chi connectivity index (χ3n) is 3.30. The molecule has 2 rings (SSSR count). The second kappa shape index (κ2) is 13.0. The molecule has 146 valence electrons. The van der Waals surface area contributed by atoms with Gasteiger partial charge in [0.1, 0.15) is 18.3 Å². The van der Waals surface area contributed by atoms with Gasteiger partial charge in [-0.3, -0.25) is 0 Å². The van der Waals surface area contributed by atoms with Crippen LogP contribution in [0.15, 0.2) is 0 Å². The fraction of sp³-hybridized carbons (Fsp3) is 1.00. The molecule has 0 spiro atoms. The maximum absolute atomic E-state index is 9.72. The Bertz CT molecular complexity index is 304. The first kappa shape index (κ1) is 23.7. The Morgan fingerprint density at radius 3 is 2.08 bits per heavy atom. The highest BCUT2D eigenvalue weighted by atomic mass is 16.7. The minimum absolute atomic E-state index is 0.0459. The fourth-order valence-electron chi connectivity index (χ4n) is 2.24. The number of rotatable bonds is 3. The molecule has 0 bridgehead atoms. The van der Waals surface area contributed by atoms with E-state index in [0.29, 0.717) is 0 Å². The molecule has 2 fully saturated rings. The van der Waals surface area contributed by atoms with Crippen LogP contribution in [-0.4, -0.2) is 81.8 Å². The lowest BCUT2D eigenvalue weighted by Crippen LogP contribution is -2.53. The molecule has 24 heavy (non-hydrogen) atoms. The summed E-state index contributed by atoms with van der Waals surface area (Å²) in [6, 6.07) is 0. The van der Waals surface area contributed by atoms with Crippen LogP contribution < -0.4 is 0 Å². The Morgan fingerprint density at radius 1 is 1.00 bits per heavy atom. The molecule has 0 amide bonds. The summed E-state index contributed by atoms with van der Waals surface area (Å²) in [5.74, 6) is 0. The highest BCUT2D eigenvalue weighted by Crippen LogP contribution is 2.25. The van der Waals surface area contributed by atoms with E-state index in [1.807, 2.05) is 13.8 Å². The summed E-state index contributed by atoms with van der Waals surface area (Å²) in [4.78, 5) is 0. The summed E-state index contributed by atoms with van der Waals surface area (Å²) in [5, 5.41) is 47.0. The number of hydrogen-bond donors (Lipinski definition) is 5. The van der Waals surface area contributed by atoms with Crippen LogP contribution in [0.2, 0.25) is 0 Å². The molecular formula is C16H34O8. The Balaban J connectivity index is 0.000000952. The number of ether oxygens (including phenoxy) is 3. The minimum atomic E-state index is -1.36. The van der Waals surface area contributed by atoms with Crippen molar-refractivity contribution in [1.29, 1.82) is 0 Å². The average molecular weight is 354 g/mol. The first-order chi connectivity index (χ1) is 11.4. The second-order valence-corrected chi connectivity index (χ2v) is 5.59. The lowest BCUT2D eigenvalue weighted by atomic mass is 10.0. The van der Waals surface area contributed by atoms with Crippen molar-refractivity contribution in [2.45, 2.75) is 90.1 Å². The van der Waals surface area contributed by atoms with E-state index in [1.165, 1.54) is 6.42 Å². The van der Waals surface area contributed by atoms with Crippen LogP contribution in [0.4, 0.5) is 0 Å². The van der Waals surface area contributed by atoms with Crippen molar-refractivity contribution < 1.29 is 39.7 Å². The molecule has 0 aromatic heterocycles. The average Bonchev–Trinajstić information content (AvgIpc) is 2.56. The van der Waals surface area contributed by atoms with Crippen molar-refractivity contribution >= 4 is 0 Å². The molecule has 0 saturated carbocycles. The fourth-order valence-corrected chi connectivity index (χ4v) is 2.24. The molecule has 2 saturated heterocycles. The SMILES string of the molecule is CC.CCC.OC[C@H]1O[C@H](O)[C@H](O)C[C@@H]1O[C@H]1OC[C@@H](O)C[C@H]1O. The van der Waals surface area contributed by atoms with Crippen molar-refractivity contribution in [2.24, 2.45) is 0 Å². The predicted molar refractivity (Wildman–Crippen MR) is 87.1 cm³/mol. The van der Waals surface area contributed by atoms with Crippen LogP contribution in [0.25, 0.3) is 0 Å². The number of aliphatic hydroxyl groups is 5. The molecule has 0 radical (unpaired) electrons. The van der Waals surface area contributed by atoms with Crippen LogP contribution in [0.1, 0.15) is 47.0 Å². The van der Waals surface area contributed by atoms with E-state index in [0.717, 1.165) is 0 Å². The molecule has 8 heteroatoms. The molecule has 0 unspecified atom stereocenters. The second-order valence-electron chi connectivity index (χ2n) is 5.59. The first-order valence-electron chi connectivity index (χ1n) is 8.68. The van der Waals surface area contributed by atoms with E-state index < -0.39 is 43.1 Å². The summed E-state index contributed by atoms with van der Waals surface area (Å²) >= 11 is 0. The van der Waals surface area contributed by atoms with Gasteiger partial charge in [0.05, 0.1) is 25.4 Å². The zero-order chi connectivity index (χ0) is 18.7. The van der Waals surface area contributed by atoms with Crippen LogP contribution in [0, 0.1) is 0 Å². The molecule has 8 nitrogen and oxygen atoms in total. The maximum atomic E-state index is 9.72. The zero-order valence-corrected chi connectivity index (χ0v) is 15.0. The minimum Gasteiger partial charge on any atom is -0.394 e. The molecule has 2 heterocycles. The van der Waals surface area contributed by atoms with E-state index in [1.54, 1.807) is 0 Å². The Hall–Kier alpha value is -0.320. The van der Waals surface area contributed by atoms with Crippen LogP contribution >= 0.6 is 0 Å². The number of hydrogen-bond acceptors (Lipinski definition) is 8. The lowest BCUT2D eigenvalue weighted by molar-refractivity contribution is -0.308. The predicted octanol–water partition coefficient (Wildman–Crippen LogP) is -0.257. The molecule has 0 aromatic carbocycles. The number of aliphatic hydroxyl groups excluding tert-OH is 5. The Kier molecular flexibility index (Phi) is 12.8. The molecular weight excluding hydrogens is 320 g/mol. The van der Waals surface area contributed by atoms with E-state index >= 15 is 0 Å². The third kappa shape index (κ3) is 7.71. The lowest BCUT2D eigenvalue weighted by Gasteiger charge is -2.40. The van der Waals surface area contributed by atoms with Gasteiger partial charge >= 0.3 is 0 Å². The van der Waals surface area contributed by atoms with Crippen molar-refractivity contribution in [3.63, 3.8) is 0 Å². The van der Waals surface area contributed by atoms with Gasteiger partial charge in [0, 0.05) is 12.8 Å². The molecule has 5 N–H and O–H groups in total. The quantitative estimate of drug-likeness (QED) is 0.469. The Labute approximate surface area is 144 Å². The summed E-state index contributed by atoms with van der Waals surface area (Å²) in [5.41, 5.74) is 0. The van der Waals surface area contributed by atoms with E-state index in [4.69, 9.17) is 19.3 Å². The first-order valence-corrected chi connectivity index (χ1v) is 8.68. The molecule has 2 aliphatic rings. The van der Waals surface area contributed by atoms with Crippen molar-refractivity contribution in [2.75, 3.05) is 13.2 Å². The van der Waals surface area contributed by atoms with Gasteiger partial charge in [0.2, 0.25) is 0 Å². The van der Waals surface area contributed by atoms with Crippen molar-refractivity contribution in [1.82, 2.24) is 0 Å². The van der Waals surface area contributed by atoms with Crippen LogP contribution in [-0.2, 0) is 14.2 Å². The smallest absolute Gasteiger partial charge is 0.184 e. The van der Waals surface area contributed by atoms with Gasteiger partial charge in [-0.15, -0.1) is 0 Å². The van der Waals surface area contributed by atoms with Gasteiger partial charge in [-0.25, -0.2) is 0 Å². The highest BCUT2D eigenvalue weighted by molar-refractivity contribution is 4.83. The van der Waals surface area contributed by atoms with Gasteiger partial charge in [0.15, 0.2) is 12.6 Å². The van der Waals surface area contributed by atoms with Crippen molar-refractivity contribution in [3.05, 3.63) is 0 Å². The third-order valence-corrected chi connectivity index (χ3v) is 3.30. The summed E-state index contributed by atoms with van der Waals surface area (Å²) in [6.07, 6.45) is -5.25. The summed E-state index contributed by atoms with van der Waals surface area (Å²) in [6.45, 7) is 7.91. The molecule has 7 atom stereocenters. The molecule has 2 aliphatic heterocycles. The summed E-state index contributed by atoms with van der Waals surface area (Å²) in [7, 11) is 0. The monoisotopic (exact) mass is 354 g/mol. The summed E-state index contributed by atoms with van der Waals surface area (Å²) < 4.78 is 15.6. The van der Waals surface area contributed by atoms with Crippen LogP contribution in [0.3, 0.4) is 0 Å².